The van der Waals surface area contributed by atoms with E-state index in [4.69, 9.17) is 0 Å². The SMILES string of the molecule is CC1=C(C)N=C(c2ccc(-c3noc(C(F)(F)F)n3)cc2)C1.CC1CC(c2ccc(-c3noc(C(F)(F)F)n3)cc2)=NC1C. The molecular formula is C30H26F6N6O2. The summed E-state index contributed by atoms with van der Waals surface area (Å²) in [5.41, 5.74) is 7.03. The highest BCUT2D eigenvalue weighted by Crippen LogP contribution is 2.31. The minimum Gasteiger partial charge on any atom is -0.329 e. The molecule has 0 bridgehead atoms. The van der Waals surface area contributed by atoms with E-state index in [0.717, 1.165) is 41.1 Å². The topological polar surface area (TPSA) is 103 Å². The lowest BCUT2D eigenvalue weighted by molar-refractivity contribution is -0.160. The van der Waals surface area contributed by atoms with Gasteiger partial charge in [0.1, 0.15) is 0 Å². The molecule has 14 heteroatoms. The number of allylic oxidation sites excluding steroid dienone is 2. The normalized spacial score (nSPS) is 18.7. The van der Waals surface area contributed by atoms with Crippen molar-refractivity contribution in [2.75, 3.05) is 0 Å². The van der Waals surface area contributed by atoms with Crippen molar-refractivity contribution < 1.29 is 35.4 Å². The van der Waals surface area contributed by atoms with Crippen LogP contribution in [0.4, 0.5) is 26.3 Å². The number of hydrogen-bond acceptors (Lipinski definition) is 8. The maximum absolute atomic E-state index is 12.4. The monoisotopic (exact) mass is 616 g/mol. The Labute approximate surface area is 247 Å². The van der Waals surface area contributed by atoms with Gasteiger partial charge in [0.2, 0.25) is 11.6 Å². The number of halogens is 6. The van der Waals surface area contributed by atoms with Gasteiger partial charge in [0, 0.05) is 29.0 Å². The van der Waals surface area contributed by atoms with Crippen LogP contribution in [0.25, 0.3) is 22.8 Å². The zero-order valence-corrected chi connectivity index (χ0v) is 24.0. The summed E-state index contributed by atoms with van der Waals surface area (Å²) in [4.78, 5) is 15.8. The van der Waals surface area contributed by atoms with E-state index < -0.39 is 24.1 Å². The summed E-state index contributed by atoms with van der Waals surface area (Å²) in [5.74, 6) is -2.34. The Bertz CT molecular complexity index is 1640. The molecule has 0 N–H and O–H groups in total. The van der Waals surface area contributed by atoms with Crippen LogP contribution in [-0.2, 0) is 12.4 Å². The predicted molar refractivity (Wildman–Crippen MR) is 149 cm³/mol. The van der Waals surface area contributed by atoms with Crippen LogP contribution >= 0.6 is 0 Å². The highest BCUT2D eigenvalue weighted by Gasteiger charge is 2.39. The third-order valence-corrected chi connectivity index (χ3v) is 7.34. The van der Waals surface area contributed by atoms with Gasteiger partial charge in [0.15, 0.2) is 0 Å². The lowest BCUT2D eigenvalue weighted by Gasteiger charge is -2.04. The van der Waals surface area contributed by atoms with Gasteiger partial charge in [-0.1, -0.05) is 65.8 Å². The number of alkyl halides is 6. The third-order valence-electron chi connectivity index (χ3n) is 7.34. The minimum absolute atomic E-state index is 0.0750. The van der Waals surface area contributed by atoms with Gasteiger partial charge in [-0.05, 0) is 49.8 Å². The van der Waals surface area contributed by atoms with E-state index in [-0.39, 0.29) is 11.6 Å². The van der Waals surface area contributed by atoms with Crippen LogP contribution in [0.2, 0.25) is 0 Å². The maximum Gasteiger partial charge on any atom is 0.471 e. The van der Waals surface area contributed by atoms with E-state index in [1.807, 2.05) is 26.0 Å². The largest absolute Gasteiger partial charge is 0.471 e. The van der Waals surface area contributed by atoms with Gasteiger partial charge in [-0.2, -0.15) is 36.3 Å². The average Bonchev–Trinajstić information content (AvgIpc) is 3.77. The summed E-state index contributed by atoms with van der Waals surface area (Å²) in [7, 11) is 0. The molecular weight excluding hydrogens is 590 g/mol. The first-order valence-electron chi connectivity index (χ1n) is 13.5. The standard InChI is InChI=1S/C15H14F3N3O.C15H12F3N3O/c2*1-8-7-12(19-9(8)2)10-3-5-11(6-4-10)13-20-14(22-21-13)15(16,17)18/h3-6,8-9H,7H2,1-2H3;3-6H,7H2,1-2H3. The zero-order chi connectivity index (χ0) is 31.8. The van der Waals surface area contributed by atoms with Crippen molar-refractivity contribution in [1.29, 1.82) is 0 Å². The lowest BCUT2D eigenvalue weighted by atomic mass is 9.98. The number of rotatable bonds is 4. The minimum atomic E-state index is -4.63. The molecule has 0 amide bonds. The molecule has 0 aliphatic carbocycles. The van der Waals surface area contributed by atoms with E-state index in [1.54, 1.807) is 36.4 Å². The second kappa shape index (κ2) is 11.8. The van der Waals surface area contributed by atoms with Crippen LogP contribution in [0.1, 0.15) is 63.4 Å². The van der Waals surface area contributed by atoms with Crippen LogP contribution in [0.3, 0.4) is 0 Å². The molecule has 230 valence electrons. The smallest absolute Gasteiger partial charge is 0.329 e. The molecule has 0 fully saturated rings. The third kappa shape index (κ3) is 6.79. The molecule has 2 aromatic heterocycles. The molecule has 0 spiro atoms. The van der Waals surface area contributed by atoms with Crippen molar-refractivity contribution in [3.63, 3.8) is 0 Å². The first kappa shape index (κ1) is 30.8. The first-order valence-corrected chi connectivity index (χ1v) is 13.5. The van der Waals surface area contributed by atoms with E-state index in [9.17, 15) is 26.3 Å². The van der Waals surface area contributed by atoms with Gasteiger partial charge < -0.3 is 9.05 Å². The molecule has 2 atom stereocenters. The van der Waals surface area contributed by atoms with Crippen LogP contribution in [0, 0.1) is 5.92 Å². The lowest BCUT2D eigenvalue weighted by Crippen LogP contribution is -2.05. The van der Waals surface area contributed by atoms with Gasteiger partial charge in [-0.3, -0.25) is 9.98 Å². The molecule has 2 aliphatic rings. The summed E-state index contributed by atoms with van der Waals surface area (Å²) in [6.45, 7) is 8.20. The Morgan fingerprint density at radius 1 is 0.659 bits per heavy atom. The summed E-state index contributed by atoms with van der Waals surface area (Å²) < 4.78 is 83.1. The Balaban J connectivity index is 0.000000175. The van der Waals surface area contributed by atoms with Gasteiger partial charge in [0.25, 0.3) is 0 Å². The summed E-state index contributed by atoms with van der Waals surface area (Å²) in [6, 6.07) is 14.2. The van der Waals surface area contributed by atoms with Crippen LogP contribution in [0.15, 0.2) is 78.8 Å². The van der Waals surface area contributed by atoms with Gasteiger partial charge in [-0.15, -0.1) is 0 Å². The van der Waals surface area contributed by atoms with Crippen molar-refractivity contribution in [3.8, 4) is 22.8 Å². The predicted octanol–water partition coefficient (Wildman–Crippen LogP) is 8.21. The molecule has 4 aromatic rings. The van der Waals surface area contributed by atoms with Gasteiger partial charge in [-0.25, -0.2) is 0 Å². The van der Waals surface area contributed by atoms with E-state index in [0.29, 0.717) is 23.1 Å². The number of aromatic nitrogens is 4. The molecule has 0 saturated heterocycles. The molecule has 2 unspecified atom stereocenters. The fourth-order valence-electron chi connectivity index (χ4n) is 4.51. The molecule has 44 heavy (non-hydrogen) atoms. The number of aliphatic imine (C=N–C) groups is 2. The Kier molecular flexibility index (Phi) is 8.28. The molecule has 0 radical (unpaired) electrons. The number of nitrogens with zero attached hydrogens (tertiary/aromatic N) is 6. The Morgan fingerprint density at radius 3 is 1.43 bits per heavy atom. The zero-order valence-electron chi connectivity index (χ0n) is 24.0. The van der Waals surface area contributed by atoms with Crippen molar-refractivity contribution in [2.45, 2.75) is 58.9 Å². The molecule has 8 nitrogen and oxygen atoms in total. The first-order chi connectivity index (χ1) is 20.7. The van der Waals surface area contributed by atoms with Gasteiger partial charge >= 0.3 is 24.1 Å². The molecule has 0 saturated carbocycles. The fourth-order valence-corrected chi connectivity index (χ4v) is 4.51. The highest BCUT2D eigenvalue weighted by atomic mass is 19.4. The highest BCUT2D eigenvalue weighted by molar-refractivity contribution is 6.04. The van der Waals surface area contributed by atoms with Crippen LogP contribution in [-0.4, -0.2) is 37.7 Å². The Morgan fingerprint density at radius 2 is 1.09 bits per heavy atom. The average molecular weight is 617 g/mol. The van der Waals surface area contributed by atoms with Crippen molar-refractivity contribution >= 4 is 11.4 Å². The van der Waals surface area contributed by atoms with E-state index >= 15 is 0 Å². The Hall–Kier alpha value is -4.62. The summed E-state index contributed by atoms with van der Waals surface area (Å²) >= 11 is 0. The van der Waals surface area contributed by atoms with E-state index in [2.05, 4.69) is 53.2 Å². The number of benzene rings is 2. The molecule has 4 heterocycles. The summed E-state index contributed by atoms with van der Waals surface area (Å²) in [5, 5.41) is 6.73. The molecule has 6 rings (SSSR count). The second-order valence-corrected chi connectivity index (χ2v) is 10.6. The quantitative estimate of drug-likeness (QED) is 0.214. The molecule has 2 aliphatic heterocycles. The van der Waals surface area contributed by atoms with Gasteiger partial charge in [0.05, 0.1) is 11.8 Å². The maximum atomic E-state index is 12.4. The fraction of sp³-hybridized carbons (Fsp3) is 0.333. The summed E-state index contributed by atoms with van der Waals surface area (Å²) in [6.07, 6.45) is -7.58. The van der Waals surface area contributed by atoms with Crippen molar-refractivity contribution in [3.05, 3.63) is 82.7 Å². The number of hydrogen-bond donors (Lipinski definition) is 0. The van der Waals surface area contributed by atoms with Crippen molar-refractivity contribution in [1.82, 2.24) is 20.3 Å². The van der Waals surface area contributed by atoms with Crippen molar-refractivity contribution in [2.24, 2.45) is 15.9 Å². The second-order valence-electron chi connectivity index (χ2n) is 10.6. The van der Waals surface area contributed by atoms with Crippen LogP contribution < -0.4 is 0 Å². The van der Waals surface area contributed by atoms with Crippen LogP contribution in [0.5, 0.6) is 0 Å². The van der Waals surface area contributed by atoms with E-state index in [1.165, 1.54) is 5.57 Å². The molecule has 2 aromatic carbocycles.